The van der Waals surface area contributed by atoms with Crippen LogP contribution in [0, 0.1) is 0 Å². The quantitative estimate of drug-likeness (QED) is 0.581. The van der Waals surface area contributed by atoms with Gasteiger partial charge in [0, 0.05) is 6.92 Å². The van der Waals surface area contributed by atoms with Crippen LogP contribution in [0.15, 0.2) is 24.8 Å². The van der Waals surface area contributed by atoms with Crippen LogP contribution in [-0.4, -0.2) is 27.2 Å². The van der Waals surface area contributed by atoms with Crippen LogP contribution in [0.25, 0.3) is 0 Å². The van der Waals surface area contributed by atoms with Gasteiger partial charge in [-0.3, -0.25) is 4.79 Å². The molecule has 0 spiro atoms. The Bertz CT molecular complexity index is 243. The molecule has 0 fully saturated rings. The van der Waals surface area contributed by atoms with Crippen molar-refractivity contribution in [3.8, 4) is 0 Å². The van der Waals surface area contributed by atoms with E-state index in [1.54, 1.807) is 6.92 Å². The Balaban J connectivity index is 0. The maximum absolute atomic E-state index is 9.55. The first-order valence-corrected chi connectivity index (χ1v) is 5.41. The smallest absolute Gasteiger partial charge is 0.300 e. The monoisotopic (exact) mass is 248 g/mol. The van der Waals surface area contributed by atoms with Crippen molar-refractivity contribution in [1.82, 2.24) is 0 Å². The Morgan fingerprint density at radius 2 is 1.94 bits per heavy atom. The molecule has 2 N–H and O–H groups in total. The molecule has 0 bridgehead atoms. The molecule has 0 aromatic rings. The molecule has 0 amide bonds. The summed E-state index contributed by atoms with van der Waals surface area (Å²) in [5.74, 6) is -0.833. The van der Waals surface area contributed by atoms with Crippen molar-refractivity contribution in [1.29, 1.82) is 0 Å². The van der Waals surface area contributed by atoms with Gasteiger partial charge < -0.3 is 10.2 Å². The van der Waals surface area contributed by atoms with E-state index in [-0.39, 0.29) is 5.38 Å². The number of hydrogen-bond acceptors (Lipinski definition) is 2. The van der Waals surface area contributed by atoms with Gasteiger partial charge in [0.15, 0.2) is 0 Å². The molecule has 16 heavy (non-hydrogen) atoms. The van der Waals surface area contributed by atoms with Crippen LogP contribution in [-0.2, 0) is 4.79 Å². The van der Waals surface area contributed by atoms with Gasteiger partial charge in [-0.05, 0) is 26.7 Å². The summed E-state index contributed by atoms with van der Waals surface area (Å²) >= 11 is 5.93. The molecule has 4 heteroatoms. The minimum absolute atomic E-state index is 0.0450. The molecule has 2 unspecified atom stereocenters. The Labute approximate surface area is 102 Å². The van der Waals surface area contributed by atoms with E-state index >= 15 is 0 Å². The summed E-state index contributed by atoms with van der Waals surface area (Å²) in [4.78, 5) is 9.00. The second-order valence-electron chi connectivity index (χ2n) is 3.93. The highest BCUT2D eigenvalue weighted by Gasteiger charge is 2.17. The van der Waals surface area contributed by atoms with Crippen molar-refractivity contribution in [2.75, 3.05) is 0 Å². The van der Waals surface area contributed by atoms with Crippen LogP contribution >= 0.6 is 11.6 Å². The van der Waals surface area contributed by atoms with Gasteiger partial charge in [0.2, 0.25) is 0 Å². The van der Waals surface area contributed by atoms with Gasteiger partial charge in [-0.15, -0.1) is 18.2 Å². The van der Waals surface area contributed by atoms with E-state index in [2.05, 4.69) is 13.2 Å². The van der Waals surface area contributed by atoms with Gasteiger partial charge in [0.1, 0.15) is 0 Å². The fourth-order valence-corrected chi connectivity index (χ4v) is 0.877. The van der Waals surface area contributed by atoms with Crippen LogP contribution in [0.2, 0.25) is 0 Å². The molecule has 2 atom stereocenters. The molecule has 0 heterocycles. The minimum atomic E-state index is -0.833. The van der Waals surface area contributed by atoms with Crippen LogP contribution in [0.3, 0.4) is 0 Å². The summed E-state index contributed by atoms with van der Waals surface area (Å²) in [6.45, 7) is 12.0. The van der Waals surface area contributed by atoms with E-state index in [1.807, 2.05) is 6.92 Å². The highest BCUT2D eigenvalue weighted by Crippen LogP contribution is 2.20. The summed E-state index contributed by atoms with van der Waals surface area (Å²) in [6.07, 6.45) is 2.89. The highest BCUT2D eigenvalue weighted by atomic mass is 35.5. The molecule has 0 aromatic heterocycles. The maximum Gasteiger partial charge on any atom is 0.300 e. The Morgan fingerprint density at radius 3 is 2.19 bits per heavy atom. The van der Waals surface area contributed by atoms with Crippen molar-refractivity contribution in [2.45, 2.75) is 44.6 Å². The number of allylic oxidation sites excluding steroid dienone is 1. The summed E-state index contributed by atoms with van der Waals surface area (Å²) in [6, 6.07) is 0. The molecule has 94 valence electrons. The fraction of sp³-hybridized carbons (Fsp3) is 0.583. The van der Waals surface area contributed by atoms with Crippen molar-refractivity contribution in [3.63, 3.8) is 0 Å². The molecule has 0 aliphatic rings. The Hall–Kier alpha value is -0.800. The lowest BCUT2D eigenvalue weighted by atomic mass is 9.98. The third kappa shape index (κ3) is 13.2. The predicted molar refractivity (Wildman–Crippen MR) is 67.8 cm³/mol. The third-order valence-corrected chi connectivity index (χ3v) is 2.47. The summed E-state index contributed by atoms with van der Waals surface area (Å²) < 4.78 is 0. The zero-order valence-corrected chi connectivity index (χ0v) is 10.9. The van der Waals surface area contributed by atoms with E-state index < -0.39 is 11.6 Å². The largest absolute Gasteiger partial charge is 0.481 e. The maximum atomic E-state index is 9.55. The SMILES string of the molecule is C=CC(C)(O)CCC(Cl)C(=C)C.CC(=O)O. The molecule has 0 aliphatic carbocycles. The van der Waals surface area contributed by atoms with Gasteiger partial charge in [0.25, 0.3) is 5.97 Å². The van der Waals surface area contributed by atoms with Crippen LogP contribution in [0.4, 0.5) is 0 Å². The number of rotatable bonds is 5. The van der Waals surface area contributed by atoms with Crippen LogP contribution in [0.5, 0.6) is 0 Å². The van der Waals surface area contributed by atoms with E-state index in [0.29, 0.717) is 6.42 Å². The van der Waals surface area contributed by atoms with Crippen molar-refractivity contribution in [2.24, 2.45) is 0 Å². The predicted octanol–water partition coefficient (Wildman–Crippen LogP) is 2.98. The number of aliphatic hydroxyl groups is 1. The summed E-state index contributed by atoms with van der Waals surface area (Å²) in [5, 5.41) is 16.9. The lowest BCUT2D eigenvalue weighted by Crippen LogP contribution is -2.21. The lowest BCUT2D eigenvalue weighted by Gasteiger charge is -2.19. The number of hydrogen-bond donors (Lipinski definition) is 2. The van der Waals surface area contributed by atoms with E-state index in [4.69, 9.17) is 21.5 Å². The minimum Gasteiger partial charge on any atom is -0.481 e. The number of carboxylic acids is 1. The van der Waals surface area contributed by atoms with Crippen molar-refractivity contribution in [3.05, 3.63) is 24.8 Å². The first kappa shape index (κ1) is 17.6. The molecule has 0 aliphatic heterocycles. The zero-order valence-electron chi connectivity index (χ0n) is 10.2. The normalized spacial score (nSPS) is 15.1. The lowest BCUT2D eigenvalue weighted by molar-refractivity contribution is -0.134. The Morgan fingerprint density at radius 1 is 1.56 bits per heavy atom. The standard InChI is InChI=1S/C10H17ClO.C2H4O2/c1-5-10(4,12)7-6-9(11)8(2)3;1-2(3)4/h5,9,12H,1-2,6-7H2,3-4H3;1H3,(H,3,4). The van der Waals surface area contributed by atoms with Gasteiger partial charge in [0.05, 0.1) is 11.0 Å². The number of halogens is 1. The van der Waals surface area contributed by atoms with Gasteiger partial charge >= 0.3 is 0 Å². The van der Waals surface area contributed by atoms with Crippen LogP contribution < -0.4 is 0 Å². The molecule has 0 saturated heterocycles. The average Bonchev–Trinajstić information content (AvgIpc) is 2.13. The molecular formula is C12H21ClO3. The number of carbonyl (C=O) groups is 1. The fourth-order valence-electron chi connectivity index (χ4n) is 0.767. The van der Waals surface area contributed by atoms with Crippen molar-refractivity contribution < 1.29 is 15.0 Å². The van der Waals surface area contributed by atoms with Gasteiger partial charge in [-0.2, -0.15) is 0 Å². The Kier molecular flexibility index (Phi) is 9.19. The number of carboxylic acid groups (broad SMARTS) is 1. The van der Waals surface area contributed by atoms with E-state index in [9.17, 15) is 5.11 Å². The average molecular weight is 249 g/mol. The van der Waals surface area contributed by atoms with Crippen LogP contribution in [0.1, 0.15) is 33.6 Å². The molecule has 0 saturated carbocycles. The topological polar surface area (TPSA) is 57.5 Å². The summed E-state index contributed by atoms with van der Waals surface area (Å²) in [5.41, 5.74) is 0.138. The summed E-state index contributed by atoms with van der Waals surface area (Å²) in [7, 11) is 0. The highest BCUT2D eigenvalue weighted by molar-refractivity contribution is 6.22. The van der Waals surface area contributed by atoms with Crippen molar-refractivity contribution >= 4 is 17.6 Å². The number of alkyl halides is 1. The number of aliphatic carboxylic acids is 1. The molecular weight excluding hydrogens is 228 g/mol. The van der Waals surface area contributed by atoms with Gasteiger partial charge in [-0.1, -0.05) is 18.2 Å². The first-order chi connectivity index (χ1) is 7.12. The van der Waals surface area contributed by atoms with E-state index in [0.717, 1.165) is 18.9 Å². The molecule has 0 radical (unpaired) electrons. The molecule has 3 nitrogen and oxygen atoms in total. The van der Waals surface area contributed by atoms with E-state index in [1.165, 1.54) is 6.08 Å². The third-order valence-electron chi connectivity index (χ3n) is 1.88. The molecule has 0 aromatic carbocycles. The molecule has 0 rings (SSSR count). The van der Waals surface area contributed by atoms with Gasteiger partial charge in [-0.25, -0.2) is 0 Å². The second-order valence-corrected chi connectivity index (χ2v) is 4.46. The zero-order chi connectivity index (χ0) is 13.4. The first-order valence-electron chi connectivity index (χ1n) is 4.97. The second kappa shape index (κ2) is 8.36.